The average molecular weight is 241 g/mol. The van der Waals surface area contributed by atoms with Crippen LogP contribution in [0.15, 0.2) is 24.3 Å². The first-order chi connectivity index (χ1) is 7.54. The van der Waals surface area contributed by atoms with E-state index >= 15 is 0 Å². The molecule has 0 bridgehead atoms. The second kappa shape index (κ2) is 5.87. The topological polar surface area (TPSA) is 55.1 Å². The van der Waals surface area contributed by atoms with Crippen LogP contribution in [0.1, 0.15) is 31.9 Å². The Morgan fingerprint density at radius 1 is 1.44 bits per heavy atom. The van der Waals surface area contributed by atoms with Crippen LogP contribution in [-0.2, 0) is 4.79 Å². The lowest BCUT2D eigenvalue weighted by Gasteiger charge is -2.20. The van der Waals surface area contributed by atoms with Gasteiger partial charge in [0.1, 0.15) is 6.04 Å². The largest absolute Gasteiger partial charge is 0.368 e. The fourth-order valence-corrected chi connectivity index (χ4v) is 1.53. The molecule has 0 aliphatic heterocycles. The zero-order valence-corrected chi connectivity index (χ0v) is 10.3. The quantitative estimate of drug-likeness (QED) is 0.830. The minimum atomic E-state index is -0.452. The lowest BCUT2D eigenvalue weighted by atomic mass is 10.1. The molecular weight excluding hydrogens is 224 g/mol. The van der Waals surface area contributed by atoms with E-state index in [2.05, 4.69) is 12.2 Å². The van der Waals surface area contributed by atoms with E-state index in [4.69, 9.17) is 17.3 Å². The molecule has 0 radical (unpaired) electrons. The molecule has 1 amide bonds. The van der Waals surface area contributed by atoms with E-state index < -0.39 is 6.04 Å². The Balaban J connectivity index is 2.85. The van der Waals surface area contributed by atoms with Gasteiger partial charge in [0.05, 0.1) is 0 Å². The number of nitrogens with one attached hydrogen (secondary N) is 1. The van der Waals surface area contributed by atoms with Crippen molar-refractivity contribution >= 4 is 17.5 Å². The minimum absolute atomic E-state index is 0.244. The van der Waals surface area contributed by atoms with Crippen molar-refractivity contribution in [3.8, 4) is 0 Å². The number of hydrogen-bond donors (Lipinski definition) is 2. The molecule has 2 unspecified atom stereocenters. The SMILES string of the molecule is CCC(C)NC(C(N)=O)c1ccc(Cl)cc1. The highest BCUT2D eigenvalue weighted by Crippen LogP contribution is 2.17. The number of carbonyl (C=O) groups is 1. The highest BCUT2D eigenvalue weighted by Gasteiger charge is 2.18. The van der Waals surface area contributed by atoms with Crippen molar-refractivity contribution in [2.45, 2.75) is 32.4 Å². The molecule has 0 heterocycles. The molecule has 0 fully saturated rings. The van der Waals surface area contributed by atoms with Gasteiger partial charge in [0.15, 0.2) is 0 Å². The van der Waals surface area contributed by atoms with Gasteiger partial charge in [0.2, 0.25) is 5.91 Å². The highest BCUT2D eigenvalue weighted by molar-refractivity contribution is 6.30. The maximum absolute atomic E-state index is 11.4. The van der Waals surface area contributed by atoms with Gasteiger partial charge >= 0.3 is 0 Å². The molecule has 0 saturated heterocycles. The normalized spacial score (nSPS) is 14.4. The third-order valence-electron chi connectivity index (χ3n) is 2.55. The fraction of sp³-hybridized carbons (Fsp3) is 0.417. The number of benzene rings is 1. The summed E-state index contributed by atoms with van der Waals surface area (Å²) in [6.45, 7) is 4.07. The summed E-state index contributed by atoms with van der Waals surface area (Å²) in [7, 11) is 0. The molecule has 1 rings (SSSR count). The Bertz CT molecular complexity index is 351. The summed E-state index contributed by atoms with van der Waals surface area (Å²) in [5.41, 5.74) is 6.22. The van der Waals surface area contributed by atoms with E-state index in [0.717, 1.165) is 12.0 Å². The van der Waals surface area contributed by atoms with Crippen LogP contribution < -0.4 is 11.1 Å². The van der Waals surface area contributed by atoms with Crippen molar-refractivity contribution in [1.82, 2.24) is 5.32 Å². The van der Waals surface area contributed by atoms with Crippen LogP contribution in [-0.4, -0.2) is 11.9 Å². The van der Waals surface area contributed by atoms with E-state index in [-0.39, 0.29) is 11.9 Å². The van der Waals surface area contributed by atoms with Crippen molar-refractivity contribution < 1.29 is 4.79 Å². The third kappa shape index (κ3) is 3.51. The molecule has 4 heteroatoms. The Labute approximate surface area is 101 Å². The van der Waals surface area contributed by atoms with Crippen LogP contribution in [0, 0.1) is 0 Å². The van der Waals surface area contributed by atoms with Gasteiger partial charge in [-0.2, -0.15) is 0 Å². The van der Waals surface area contributed by atoms with E-state index in [1.165, 1.54) is 0 Å². The summed E-state index contributed by atoms with van der Waals surface area (Å²) >= 11 is 5.79. The molecule has 0 aromatic heterocycles. The third-order valence-corrected chi connectivity index (χ3v) is 2.80. The second-order valence-corrected chi connectivity index (χ2v) is 4.30. The Morgan fingerprint density at radius 3 is 2.44 bits per heavy atom. The van der Waals surface area contributed by atoms with E-state index in [1.54, 1.807) is 12.1 Å². The van der Waals surface area contributed by atoms with Crippen LogP contribution in [0.25, 0.3) is 0 Å². The van der Waals surface area contributed by atoms with Crippen LogP contribution in [0.4, 0.5) is 0 Å². The van der Waals surface area contributed by atoms with Gasteiger partial charge in [-0.15, -0.1) is 0 Å². The first-order valence-corrected chi connectivity index (χ1v) is 5.73. The van der Waals surface area contributed by atoms with Crippen molar-refractivity contribution in [1.29, 1.82) is 0 Å². The number of rotatable bonds is 5. The van der Waals surface area contributed by atoms with Crippen LogP contribution in [0.5, 0.6) is 0 Å². The Morgan fingerprint density at radius 2 is 2.00 bits per heavy atom. The minimum Gasteiger partial charge on any atom is -0.368 e. The summed E-state index contributed by atoms with van der Waals surface area (Å²) in [5.74, 6) is -0.373. The van der Waals surface area contributed by atoms with Crippen LogP contribution in [0.3, 0.4) is 0 Å². The molecule has 0 aliphatic carbocycles. The number of carbonyl (C=O) groups excluding carboxylic acids is 1. The van der Waals surface area contributed by atoms with Crippen molar-refractivity contribution in [3.63, 3.8) is 0 Å². The number of nitrogens with two attached hydrogens (primary N) is 1. The predicted molar refractivity (Wildman–Crippen MR) is 66.3 cm³/mol. The van der Waals surface area contributed by atoms with Crippen molar-refractivity contribution in [2.75, 3.05) is 0 Å². The van der Waals surface area contributed by atoms with Crippen molar-refractivity contribution in [3.05, 3.63) is 34.9 Å². The zero-order chi connectivity index (χ0) is 12.1. The zero-order valence-electron chi connectivity index (χ0n) is 9.53. The summed E-state index contributed by atoms with van der Waals surface area (Å²) in [6, 6.07) is 6.93. The van der Waals surface area contributed by atoms with Gasteiger partial charge in [0.25, 0.3) is 0 Å². The molecule has 0 aliphatic rings. The summed E-state index contributed by atoms with van der Waals surface area (Å²) < 4.78 is 0. The number of halogens is 1. The maximum atomic E-state index is 11.4. The average Bonchev–Trinajstić information content (AvgIpc) is 2.26. The Kier molecular flexibility index (Phi) is 4.77. The molecule has 0 spiro atoms. The molecule has 1 aromatic rings. The Hall–Kier alpha value is -1.06. The first-order valence-electron chi connectivity index (χ1n) is 5.35. The molecule has 16 heavy (non-hydrogen) atoms. The monoisotopic (exact) mass is 240 g/mol. The lowest BCUT2D eigenvalue weighted by molar-refractivity contribution is -0.120. The van der Waals surface area contributed by atoms with Gasteiger partial charge in [-0.05, 0) is 31.0 Å². The highest BCUT2D eigenvalue weighted by atomic mass is 35.5. The summed E-state index contributed by atoms with van der Waals surface area (Å²) in [4.78, 5) is 11.4. The van der Waals surface area contributed by atoms with Gasteiger partial charge in [-0.25, -0.2) is 0 Å². The molecule has 88 valence electrons. The smallest absolute Gasteiger partial charge is 0.239 e. The van der Waals surface area contributed by atoms with Gasteiger partial charge < -0.3 is 5.73 Å². The van der Waals surface area contributed by atoms with Gasteiger partial charge in [-0.3, -0.25) is 10.1 Å². The van der Waals surface area contributed by atoms with Gasteiger partial charge in [0, 0.05) is 11.1 Å². The predicted octanol–water partition coefficient (Wildman–Crippen LogP) is 2.25. The second-order valence-electron chi connectivity index (χ2n) is 3.86. The molecular formula is C12H17ClN2O. The fourth-order valence-electron chi connectivity index (χ4n) is 1.40. The number of primary amides is 1. The van der Waals surface area contributed by atoms with Crippen LogP contribution >= 0.6 is 11.6 Å². The van der Waals surface area contributed by atoms with E-state index in [9.17, 15) is 4.79 Å². The molecule has 0 saturated carbocycles. The van der Waals surface area contributed by atoms with E-state index in [0.29, 0.717) is 5.02 Å². The number of hydrogen-bond acceptors (Lipinski definition) is 2. The standard InChI is InChI=1S/C12H17ClN2O/c1-3-8(2)15-11(12(14)16)9-4-6-10(13)7-5-9/h4-8,11,15H,3H2,1-2H3,(H2,14,16). The molecule has 3 nitrogen and oxygen atoms in total. The summed E-state index contributed by atoms with van der Waals surface area (Å²) in [5, 5.41) is 3.83. The summed E-state index contributed by atoms with van der Waals surface area (Å²) in [6.07, 6.45) is 0.942. The van der Waals surface area contributed by atoms with Gasteiger partial charge in [-0.1, -0.05) is 30.7 Å². The molecule has 3 N–H and O–H groups in total. The maximum Gasteiger partial charge on any atom is 0.239 e. The first kappa shape index (κ1) is 13.0. The molecule has 1 aromatic carbocycles. The van der Waals surface area contributed by atoms with E-state index in [1.807, 2.05) is 19.1 Å². The lowest BCUT2D eigenvalue weighted by Crippen LogP contribution is -2.38. The molecule has 2 atom stereocenters. The number of amides is 1. The van der Waals surface area contributed by atoms with Crippen molar-refractivity contribution in [2.24, 2.45) is 5.73 Å². The van der Waals surface area contributed by atoms with Crippen LogP contribution in [0.2, 0.25) is 5.02 Å².